The molecule has 0 aromatic rings. The van der Waals surface area contributed by atoms with Gasteiger partial charge in [-0.1, -0.05) is 27.2 Å². The van der Waals surface area contributed by atoms with E-state index in [0.717, 1.165) is 11.8 Å². The number of hydrogen-bond donors (Lipinski definition) is 0. The van der Waals surface area contributed by atoms with Crippen LogP contribution in [0.3, 0.4) is 0 Å². The van der Waals surface area contributed by atoms with Crippen LogP contribution in [0.5, 0.6) is 0 Å². The molecule has 0 spiro atoms. The summed E-state index contributed by atoms with van der Waals surface area (Å²) in [4.78, 5) is 0. The molecule has 0 radical (unpaired) electrons. The SMILES string of the molecule is CCC(C)CC(C)CCCSC. The minimum atomic E-state index is 0.925. The summed E-state index contributed by atoms with van der Waals surface area (Å²) in [6, 6.07) is 0. The van der Waals surface area contributed by atoms with Gasteiger partial charge in [0.1, 0.15) is 0 Å². The summed E-state index contributed by atoms with van der Waals surface area (Å²) < 4.78 is 0. The van der Waals surface area contributed by atoms with Crippen LogP contribution in [0.25, 0.3) is 0 Å². The molecule has 0 fully saturated rings. The lowest BCUT2D eigenvalue weighted by Crippen LogP contribution is -2.02. The molecular weight excluding hydrogens is 164 g/mol. The molecular formula is C11H24S. The Hall–Kier alpha value is 0.350. The van der Waals surface area contributed by atoms with Crippen LogP contribution in [-0.2, 0) is 0 Å². The predicted molar refractivity (Wildman–Crippen MR) is 60.9 cm³/mol. The molecule has 0 saturated carbocycles. The molecule has 0 N–H and O–H groups in total. The van der Waals surface area contributed by atoms with Crippen molar-refractivity contribution >= 4 is 11.8 Å². The van der Waals surface area contributed by atoms with Crippen molar-refractivity contribution in [1.29, 1.82) is 0 Å². The average molecular weight is 188 g/mol. The molecule has 0 rings (SSSR count). The largest absolute Gasteiger partial charge is 0.165 e. The van der Waals surface area contributed by atoms with E-state index in [0.29, 0.717) is 0 Å². The highest BCUT2D eigenvalue weighted by Crippen LogP contribution is 2.19. The smallest absolute Gasteiger partial charge is 0.00702 e. The summed E-state index contributed by atoms with van der Waals surface area (Å²) in [6.07, 6.45) is 7.78. The predicted octanol–water partition coefficient (Wildman–Crippen LogP) is 4.20. The van der Waals surface area contributed by atoms with Crippen molar-refractivity contribution < 1.29 is 0 Å². The highest BCUT2D eigenvalue weighted by molar-refractivity contribution is 7.98. The van der Waals surface area contributed by atoms with Gasteiger partial charge < -0.3 is 0 Å². The summed E-state index contributed by atoms with van der Waals surface area (Å²) in [5, 5.41) is 0. The Bertz CT molecular complexity index is 91.0. The van der Waals surface area contributed by atoms with Crippen LogP contribution in [-0.4, -0.2) is 12.0 Å². The van der Waals surface area contributed by atoms with E-state index in [4.69, 9.17) is 0 Å². The van der Waals surface area contributed by atoms with E-state index >= 15 is 0 Å². The van der Waals surface area contributed by atoms with E-state index in [1.807, 2.05) is 11.8 Å². The maximum absolute atomic E-state index is 2.40. The van der Waals surface area contributed by atoms with Crippen molar-refractivity contribution in [2.24, 2.45) is 11.8 Å². The lowest BCUT2D eigenvalue weighted by molar-refractivity contribution is 0.385. The molecule has 12 heavy (non-hydrogen) atoms. The van der Waals surface area contributed by atoms with E-state index in [2.05, 4.69) is 27.0 Å². The molecule has 0 aliphatic rings. The van der Waals surface area contributed by atoms with E-state index in [-0.39, 0.29) is 0 Å². The van der Waals surface area contributed by atoms with Gasteiger partial charge in [-0.2, -0.15) is 11.8 Å². The van der Waals surface area contributed by atoms with Crippen LogP contribution in [0.2, 0.25) is 0 Å². The van der Waals surface area contributed by atoms with Gasteiger partial charge in [-0.05, 0) is 43.1 Å². The van der Waals surface area contributed by atoms with Gasteiger partial charge in [0.2, 0.25) is 0 Å². The third-order valence-electron chi connectivity index (χ3n) is 2.55. The molecule has 0 aliphatic carbocycles. The number of thioether (sulfide) groups is 1. The second-order valence-electron chi connectivity index (χ2n) is 3.99. The Balaban J connectivity index is 3.26. The first-order chi connectivity index (χ1) is 5.70. The summed E-state index contributed by atoms with van der Waals surface area (Å²) >= 11 is 1.97. The second-order valence-corrected chi connectivity index (χ2v) is 4.97. The lowest BCUT2D eigenvalue weighted by atomic mass is 9.92. The molecule has 0 aromatic heterocycles. The molecule has 1 heteroatoms. The summed E-state index contributed by atoms with van der Waals surface area (Å²) in [7, 11) is 0. The maximum atomic E-state index is 2.40. The third kappa shape index (κ3) is 7.02. The van der Waals surface area contributed by atoms with Crippen molar-refractivity contribution in [2.45, 2.75) is 46.5 Å². The molecule has 0 saturated heterocycles. The van der Waals surface area contributed by atoms with Crippen LogP contribution in [0.15, 0.2) is 0 Å². The minimum Gasteiger partial charge on any atom is -0.165 e. The Morgan fingerprint density at radius 2 is 1.83 bits per heavy atom. The van der Waals surface area contributed by atoms with Gasteiger partial charge in [0.25, 0.3) is 0 Å². The number of hydrogen-bond acceptors (Lipinski definition) is 1. The topological polar surface area (TPSA) is 0 Å². The summed E-state index contributed by atoms with van der Waals surface area (Å²) in [6.45, 7) is 7.05. The van der Waals surface area contributed by atoms with Gasteiger partial charge in [-0.3, -0.25) is 0 Å². The minimum absolute atomic E-state index is 0.925. The van der Waals surface area contributed by atoms with Crippen LogP contribution in [0.1, 0.15) is 46.5 Å². The van der Waals surface area contributed by atoms with Crippen LogP contribution in [0, 0.1) is 11.8 Å². The Morgan fingerprint density at radius 1 is 1.17 bits per heavy atom. The van der Waals surface area contributed by atoms with Crippen molar-refractivity contribution in [3.05, 3.63) is 0 Å². The Labute approximate surface area is 82.5 Å². The quantitative estimate of drug-likeness (QED) is 0.540. The highest BCUT2D eigenvalue weighted by Gasteiger charge is 2.06. The van der Waals surface area contributed by atoms with Crippen molar-refractivity contribution in [2.75, 3.05) is 12.0 Å². The number of rotatable bonds is 7. The average Bonchev–Trinajstić information content (AvgIpc) is 2.05. The van der Waals surface area contributed by atoms with Crippen LogP contribution >= 0.6 is 11.8 Å². The maximum Gasteiger partial charge on any atom is -0.00702 e. The van der Waals surface area contributed by atoms with E-state index in [9.17, 15) is 0 Å². The molecule has 0 heterocycles. The molecule has 0 aliphatic heterocycles. The zero-order valence-corrected chi connectivity index (χ0v) is 9.91. The Kier molecular flexibility index (Phi) is 8.20. The Morgan fingerprint density at radius 3 is 2.33 bits per heavy atom. The summed E-state index contributed by atoms with van der Waals surface area (Å²) in [5.41, 5.74) is 0. The molecule has 0 amide bonds. The molecule has 74 valence electrons. The molecule has 2 atom stereocenters. The van der Waals surface area contributed by atoms with Crippen LogP contribution < -0.4 is 0 Å². The van der Waals surface area contributed by atoms with Gasteiger partial charge in [0.15, 0.2) is 0 Å². The monoisotopic (exact) mass is 188 g/mol. The first-order valence-electron chi connectivity index (χ1n) is 5.19. The molecule has 0 nitrogen and oxygen atoms in total. The molecule has 2 unspecified atom stereocenters. The standard InChI is InChI=1S/C11H24S/c1-5-10(2)9-11(3)7-6-8-12-4/h10-11H,5-9H2,1-4H3. The van der Waals surface area contributed by atoms with Gasteiger partial charge in [0.05, 0.1) is 0 Å². The molecule has 0 aromatic carbocycles. The van der Waals surface area contributed by atoms with Crippen molar-refractivity contribution in [3.8, 4) is 0 Å². The highest BCUT2D eigenvalue weighted by atomic mass is 32.2. The third-order valence-corrected chi connectivity index (χ3v) is 3.24. The van der Waals surface area contributed by atoms with E-state index < -0.39 is 0 Å². The van der Waals surface area contributed by atoms with E-state index in [1.54, 1.807) is 0 Å². The first-order valence-corrected chi connectivity index (χ1v) is 6.59. The normalized spacial score (nSPS) is 16.0. The van der Waals surface area contributed by atoms with Crippen LogP contribution in [0.4, 0.5) is 0 Å². The fraction of sp³-hybridized carbons (Fsp3) is 1.00. The van der Waals surface area contributed by atoms with Gasteiger partial charge in [0, 0.05) is 0 Å². The fourth-order valence-corrected chi connectivity index (χ4v) is 2.00. The van der Waals surface area contributed by atoms with Gasteiger partial charge in [-0.25, -0.2) is 0 Å². The van der Waals surface area contributed by atoms with Crippen molar-refractivity contribution in [1.82, 2.24) is 0 Å². The first kappa shape index (κ1) is 12.3. The fourth-order valence-electron chi connectivity index (χ4n) is 1.55. The van der Waals surface area contributed by atoms with Gasteiger partial charge >= 0.3 is 0 Å². The second kappa shape index (κ2) is 7.97. The zero-order chi connectivity index (χ0) is 9.40. The molecule has 0 bridgehead atoms. The zero-order valence-electron chi connectivity index (χ0n) is 9.10. The summed E-state index contributed by atoms with van der Waals surface area (Å²) in [5.74, 6) is 3.20. The van der Waals surface area contributed by atoms with E-state index in [1.165, 1.54) is 31.4 Å². The van der Waals surface area contributed by atoms with Crippen molar-refractivity contribution in [3.63, 3.8) is 0 Å². The lowest BCUT2D eigenvalue weighted by Gasteiger charge is -2.15. The van der Waals surface area contributed by atoms with Gasteiger partial charge in [-0.15, -0.1) is 0 Å².